The van der Waals surface area contributed by atoms with Crippen molar-refractivity contribution < 1.29 is 9.69 Å². The Morgan fingerprint density at radius 2 is 1.70 bits per heavy atom. The maximum Gasteiger partial charge on any atom is 0.281 e. The zero-order valence-corrected chi connectivity index (χ0v) is 16.3. The van der Waals surface area contributed by atoms with E-state index in [0.29, 0.717) is 5.71 Å². The Morgan fingerprint density at radius 3 is 2.44 bits per heavy atom. The monoisotopic (exact) mass is 362 g/mol. The smallest absolute Gasteiger partial charge is 0.281 e. The van der Waals surface area contributed by atoms with Crippen molar-refractivity contribution in [3.8, 4) is 0 Å². The molecule has 4 rings (SSSR count). The second-order valence-corrected chi connectivity index (χ2v) is 7.80. The van der Waals surface area contributed by atoms with Gasteiger partial charge in [0.25, 0.3) is 5.91 Å². The Bertz CT molecular complexity index is 879. The first-order valence-corrected chi connectivity index (χ1v) is 10.0. The molecule has 0 atom stereocenters. The Labute approximate surface area is 161 Å². The van der Waals surface area contributed by atoms with E-state index in [1.54, 1.807) is 0 Å². The fraction of sp³-hybridized carbons (Fsp3) is 0.391. The first-order chi connectivity index (χ1) is 13.1. The average molecular weight is 362 g/mol. The topological polar surface area (TPSA) is 37.1 Å². The Kier molecular flexibility index (Phi) is 5.08. The molecule has 1 amide bonds. The van der Waals surface area contributed by atoms with Crippen molar-refractivity contribution in [3.05, 3.63) is 59.2 Å². The van der Waals surface area contributed by atoms with Crippen LogP contribution in [0.4, 0.5) is 11.4 Å². The molecule has 1 N–H and O–H groups in total. The number of hydrogen-bond donors (Lipinski definition) is 1. The van der Waals surface area contributed by atoms with Crippen LogP contribution in [0.3, 0.4) is 0 Å². The molecule has 27 heavy (non-hydrogen) atoms. The summed E-state index contributed by atoms with van der Waals surface area (Å²) < 4.78 is 0. The molecule has 1 saturated heterocycles. The Balaban J connectivity index is 1.66. The van der Waals surface area contributed by atoms with Crippen molar-refractivity contribution in [2.24, 2.45) is 4.99 Å². The van der Waals surface area contributed by atoms with Gasteiger partial charge < -0.3 is 4.90 Å². The van der Waals surface area contributed by atoms with E-state index in [1.165, 1.54) is 41.7 Å². The number of quaternary nitrogens is 1. The lowest BCUT2D eigenvalue weighted by molar-refractivity contribution is -0.897. The fourth-order valence-corrected chi connectivity index (χ4v) is 4.06. The number of fused-ring (bicyclic) bond motifs is 1. The quantitative estimate of drug-likeness (QED) is 0.895. The van der Waals surface area contributed by atoms with Crippen LogP contribution < -0.4 is 9.80 Å². The van der Waals surface area contributed by atoms with Gasteiger partial charge in [-0.15, -0.1) is 0 Å². The van der Waals surface area contributed by atoms with Gasteiger partial charge in [0.2, 0.25) is 0 Å². The lowest BCUT2D eigenvalue weighted by Gasteiger charge is -2.24. The zero-order chi connectivity index (χ0) is 18.8. The van der Waals surface area contributed by atoms with Crippen LogP contribution in [-0.4, -0.2) is 31.4 Å². The predicted molar refractivity (Wildman–Crippen MR) is 110 cm³/mol. The van der Waals surface area contributed by atoms with Crippen LogP contribution in [0.15, 0.2) is 47.5 Å². The first-order valence-electron chi connectivity index (χ1n) is 10.0. The van der Waals surface area contributed by atoms with Crippen molar-refractivity contribution in [1.29, 1.82) is 0 Å². The highest BCUT2D eigenvalue weighted by molar-refractivity contribution is 6.54. The van der Waals surface area contributed by atoms with Gasteiger partial charge in [0.15, 0.2) is 6.67 Å². The number of nitrogens with zero attached hydrogens (tertiary/aromatic N) is 2. The molecule has 0 aromatic heterocycles. The Hall–Kier alpha value is -2.46. The van der Waals surface area contributed by atoms with Crippen molar-refractivity contribution in [2.45, 2.75) is 39.5 Å². The SMILES string of the molecule is Cc1ccc(N=C2C(=O)N(C[NH+]3CCCCCC3)c3ccccc32)cc1C. The standard InChI is InChI=1S/C23H27N3O/c1-17-11-12-19(15-18(17)2)24-22-20-9-5-6-10-21(20)26(23(22)27)16-25-13-7-3-4-8-14-25/h5-6,9-12,15H,3-4,7-8,13-14,16H2,1-2H3/p+1. The van der Waals surface area contributed by atoms with E-state index in [9.17, 15) is 4.79 Å². The van der Waals surface area contributed by atoms with E-state index in [2.05, 4.69) is 26.0 Å². The minimum Gasteiger partial charge on any atom is -0.317 e. The van der Waals surface area contributed by atoms with Gasteiger partial charge in [-0.3, -0.25) is 9.69 Å². The molecule has 2 aliphatic heterocycles. The third-order valence-corrected chi connectivity index (χ3v) is 5.82. The van der Waals surface area contributed by atoms with Crippen molar-refractivity contribution in [1.82, 2.24) is 0 Å². The molecule has 2 aromatic rings. The van der Waals surface area contributed by atoms with Crippen molar-refractivity contribution >= 4 is 23.0 Å². The van der Waals surface area contributed by atoms with E-state index < -0.39 is 0 Å². The number of likely N-dealkylation sites (tertiary alicyclic amines) is 1. The van der Waals surface area contributed by atoms with Gasteiger partial charge in [0.05, 0.1) is 24.5 Å². The number of benzene rings is 2. The molecule has 0 unspecified atom stereocenters. The van der Waals surface area contributed by atoms with Crippen molar-refractivity contribution in [3.63, 3.8) is 0 Å². The summed E-state index contributed by atoms with van der Waals surface area (Å²) in [5, 5.41) is 0. The number of aryl methyl sites for hydroxylation is 2. The largest absolute Gasteiger partial charge is 0.317 e. The number of carbonyl (C=O) groups excluding carboxylic acids is 1. The highest BCUT2D eigenvalue weighted by Crippen LogP contribution is 2.30. The van der Waals surface area contributed by atoms with Crippen LogP contribution in [0.1, 0.15) is 42.4 Å². The number of aliphatic imine (C=N–C) groups is 1. The fourth-order valence-electron chi connectivity index (χ4n) is 4.06. The summed E-state index contributed by atoms with van der Waals surface area (Å²) in [4.78, 5) is 21.5. The zero-order valence-electron chi connectivity index (χ0n) is 16.3. The van der Waals surface area contributed by atoms with Crippen LogP contribution >= 0.6 is 0 Å². The normalized spacial score (nSPS) is 19.4. The molecule has 2 aliphatic rings. The molecule has 0 bridgehead atoms. The minimum absolute atomic E-state index is 0.0335. The molecule has 0 aliphatic carbocycles. The lowest BCUT2D eigenvalue weighted by atomic mass is 10.1. The summed E-state index contributed by atoms with van der Waals surface area (Å²) in [6, 6.07) is 14.2. The van der Waals surface area contributed by atoms with E-state index in [0.717, 1.165) is 36.7 Å². The average Bonchev–Trinajstić information content (AvgIpc) is 2.84. The van der Waals surface area contributed by atoms with Gasteiger partial charge in [-0.1, -0.05) is 24.3 Å². The second-order valence-electron chi connectivity index (χ2n) is 7.80. The van der Waals surface area contributed by atoms with Gasteiger partial charge in [-0.2, -0.15) is 0 Å². The summed E-state index contributed by atoms with van der Waals surface area (Å²) in [6.07, 6.45) is 5.13. The predicted octanol–water partition coefficient (Wildman–Crippen LogP) is 3.19. The van der Waals surface area contributed by atoms with Gasteiger partial charge in [-0.25, -0.2) is 4.99 Å². The molecular formula is C23H28N3O+. The van der Waals surface area contributed by atoms with Crippen LogP contribution in [0.5, 0.6) is 0 Å². The van der Waals surface area contributed by atoms with E-state index in [1.807, 2.05) is 35.2 Å². The van der Waals surface area contributed by atoms with Gasteiger partial charge in [0, 0.05) is 5.56 Å². The third kappa shape index (κ3) is 3.67. The molecular weight excluding hydrogens is 334 g/mol. The molecule has 4 heteroatoms. The molecule has 1 fully saturated rings. The summed E-state index contributed by atoms with van der Waals surface area (Å²) in [6.45, 7) is 7.21. The maximum absolute atomic E-state index is 13.3. The molecule has 140 valence electrons. The molecule has 2 aromatic carbocycles. The summed E-state index contributed by atoms with van der Waals surface area (Å²) in [5.74, 6) is 0.0335. The number of para-hydroxylation sites is 1. The van der Waals surface area contributed by atoms with E-state index in [4.69, 9.17) is 4.99 Å². The number of anilines is 1. The summed E-state index contributed by atoms with van der Waals surface area (Å²) in [5.41, 5.74) is 5.81. The van der Waals surface area contributed by atoms with Gasteiger partial charge in [-0.05, 0) is 68.9 Å². The summed E-state index contributed by atoms with van der Waals surface area (Å²) >= 11 is 0. The highest BCUT2D eigenvalue weighted by atomic mass is 16.2. The van der Waals surface area contributed by atoms with Gasteiger partial charge >= 0.3 is 0 Å². The van der Waals surface area contributed by atoms with Gasteiger partial charge in [0.1, 0.15) is 5.71 Å². The number of rotatable bonds is 3. The molecule has 0 radical (unpaired) electrons. The molecule has 2 heterocycles. The maximum atomic E-state index is 13.3. The number of carbonyl (C=O) groups is 1. The number of amides is 1. The molecule has 0 saturated carbocycles. The highest BCUT2D eigenvalue weighted by Gasteiger charge is 2.36. The molecule has 0 spiro atoms. The van der Waals surface area contributed by atoms with Crippen molar-refractivity contribution in [2.75, 3.05) is 24.7 Å². The van der Waals surface area contributed by atoms with Crippen LogP contribution in [0, 0.1) is 13.8 Å². The van der Waals surface area contributed by atoms with E-state index >= 15 is 0 Å². The van der Waals surface area contributed by atoms with Crippen LogP contribution in [-0.2, 0) is 4.79 Å². The number of nitrogens with one attached hydrogen (secondary N) is 1. The second kappa shape index (κ2) is 7.65. The lowest BCUT2D eigenvalue weighted by Crippen LogP contribution is -3.13. The Morgan fingerprint density at radius 1 is 0.963 bits per heavy atom. The van der Waals surface area contributed by atoms with Crippen LogP contribution in [0.2, 0.25) is 0 Å². The minimum atomic E-state index is 0.0335. The van der Waals surface area contributed by atoms with Crippen LogP contribution in [0.25, 0.3) is 0 Å². The third-order valence-electron chi connectivity index (χ3n) is 5.82. The first kappa shape index (κ1) is 17.9. The van der Waals surface area contributed by atoms with E-state index in [-0.39, 0.29) is 5.91 Å². The summed E-state index contributed by atoms with van der Waals surface area (Å²) in [7, 11) is 0. The number of hydrogen-bond acceptors (Lipinski definition) is 2. The molecule has 4 nitrogen and oxygen atoms in total.